The van der Waals surface area contributed by atoms with Crippen molar-refractivity contribution in [3.05, 3.63) is 89.9 Å². The maximum atomic E-state index is 13.7. The molecule has 2 aliphatic heterocycles. The van der Waals surface area contributed by atoms with E-state index in [1.54, 1.807) is 39.0 Å². The van der Waals surface area contributed by atoms with Gasteiger partial charge in [0.05, 0.1) is 29.3 Å². The first-order chi connectivity index (χ1) is 25.7. The molecule has 0 unspecified atom stereocenters. The molecular formula is C41H50N9O2P. The quantitative estimate of drug-likeness (QED) is 0.136. The van der Waals surface area contributed by atoms with Crippen molar-refractivity contribution in [3.63, 3.8) is 0 Å². The van der Waals surface area contributed by atoms with Crippen LogP contribution in [0.4, 0.5) is 28.8 Å². The molecule has 12 heteroatoms. The lowest BCUT2D eigenvalue weighted by Crippen LogP contribution is -2.52. The zero-order valence-corrected chi connectivity index (χ0v) is 32.3. The van der Waals surface area contributed by atoms with Crippen LogP contribution in [0.25, 0.3) is 23.2 Å². The summed E-state index contributed by atoms with van der Waals surface area (Å²) in [5.74, 6) is 1.70. The summed E-state index contributed by atoms with van der Waals surface area (Å²) in [6.07, 6.45) is 12.3. The van der Waals surface area contributed by atoms with E-state index >= 15 is 0 Å². The molecule has 276 valence electrons. The summed E-state index contributed by atoms with van der Waals surface area (Å²) in [4.78, 5) is 26.4. The van der Waals surface area contributed by atoms with E-state index in [2.05, 4.69) is 61.4 Å². The number of nitrogens with one attached hydrogen (secondary N) is 2. The highest BCUT2D eigenvalue weighted by Gasteiger charge is 2.28. The van der Waals surface area contributed by atoms with Gasteiger partial charge in [0.1, 0.15) is 24.2 Å². The zero-order chi connectivity index (χ0) is 37.0. The van der Waals surface area contributed by atoms with Crippen LogP contribution in [0.2, 0.25) is 0 Å². The van der Waals surface area contributed by atoms with Gasteiger partial charge < -0.3 is 29.7 Å². The zero-order valence-electron chi connectivity index (χ0n) is 31.4. The molecule has 2 saturated heterocycles. The van der Waals surface area contributed by atoms with Crippen LogP contribution in [0, 0.1) is 0 Å². The molecule has 11 nitrogen and oxygen atoms in total. The lowest BCUT2D eigenvalue weighted by molar-refractivity contribution is 0.0982. The number of fused-ring (bicyclic) bond motifs is 1. The van der Waals surface area contributed by atoms with Crippen molar-refractivity contribution in [1.82, 2.24) is 29.7 Å². The molecule has 3 aromatic carbocycles. The molecule has 5 aromatic rings. The number of aryl methyl sites for hydroxylation is 1. The lowest BCUT2D eigenvalue weighted by Gasteiger charge is -2.43. The molecule has 53 heavy (non-hydrogen) atoms. The van der Waals surface area contributed by atoms with E-state index in [-0.39, 0.29) is 0 Å². The van der Waals surface area contributed by atoms with Gasteiger partial charge in [0, 0.05) is 81.2 Å². The molecule has 2 aromatic heterocycles. The van der Waals surface area contributed by atoms with Gasteiger partial charge >= 0.3 is 0 Å². The van der Waals surface area contributed by atoms with E-state index in [1.165, 1.54) is 24.1 Å². The number of rotatable bonds is 11. The van der Waals surface area contributed by atoms with Crippen molar-refractivity contribution in [2.24, 2.45) is 0 Å². The maximum absolute atomic E-state index is 13.7. The summed E-state index contributed by atoms with van der Waals surface area (Å²) in [5.41, 5.74) is 7.05. The number of ether oxygens (including phenoxy) is 1. The van der Waals surface area contributed by atoms with E-state index in [4.69, 9.17) is 14.7 Å². The molecule has 2 fully saturated rings. The van der Waals surface area contributed by atoms with Crippen molar-refractivity contribution >= 4 is 64.5 Å². The van der Waals surface area contributed by atoms with Crippen molar-refractivity contribution in [2.75, 3.05) is 82.3 Å². The summed E-state index contributed by atoms with van der Waals surface area (Å²) >= 11 is 0. The SMILES string of the molecule is CCc1cc(Nc2ncc(/C=C/c3ccccc3)c(Nc3ccc4nccnc4c3P(C)(C)=O)n2)c(OC)cc1N1CCC(N2CCN(C)CC2)CC1. The minimum atomic E-state index is -2.80. The van der Waals surface area contributed by atoms with Crippen LogP contribution in [0.15, 0.2) is 73.2 Å². The number of aromatic nitrogens is 4. The topological polar surface area (TPSA) is 112 Å². The fourth-order valence-corrected chi connectivity index (χ4v) is 8.85. The van der Waals surface area contributed by atoms with Crippen LogP contribution < -0.4 is 25.6 Å². The number of piperidine rings is 1. The number of nitrogens with zero attached hydrogens (tertiary/aromatic N) is 7. The molecule has 0 aliphatic carbocycles. The number of likely N-dealkylation sites (N-methyl/N-ethyl adjacent to an activating group) is 1. The van der Waals surface area contributed by atoms with E-state index < -0.39 is 7.14 Å². The summed E-state index contributed by atoms with van der Waals surface area (Å²) in [6.45, 7) is 12.4. The molecule has 7 rings (SSSR count). The number of methoxy groups -OCH3 is 1. The van der Waals surface area contributed by atoms with Gasteiger partial charge in [0.2, 0.25) is 5.95 Å². The smallest absolute Gasteiger partial charge is 0.229 e. The fourth-order valence-electron chi connectivity index (χ4n) is 7.46. The van der Waals surface area contributed by atoms with Gasteiger partial charge in [-0.1, -0.05) is 43.3 Å². The largest absolute Gasteiger partial charge is 0.494 e. The second-order valence-corrected chi connectivity index (χ2v) is 17.5. The van der Waals surface area contributed by atoms with Crippen LogP contribution in [0.1, 0.15) is 36.5 Å². The number of piperazine rings is 1. The third-order valence-electron chi connectivity index (χ3n) is 10.4. The number of hydrogen-bond acceptors (Lipinski definition) is 11. The Hall–Kier alpha value is -4.83. The average Bonchev–Trinajstić information content (AvgIpc) is 3.17. The summed E-state index contributed by atoms with van der Waals surface area (Å²) in [7, 11) is 1.12. The van der Waals surface area contributed by atoms with Gasteiger partial charge in [-0.3, -0.25) is 14.9 Å². The minimum Gasteiger partial charge on any atom is -0.494 e. The molecule has 0 spiro atoms. The molecule has 0 bridgehead atoms. The highest BCUT2D eigenvalue weighted by Crippen LogP contribution is 2.41. The molecule has 0 atom stereocenters. The molecule has 4 heterocycles. The Bertz CT molecular complexity index is 2120. The summed E-state index contributed by atoms with van der Waals surface area (Å²) in [5, 5.41) is 7.61. The Morgan fingerprint density at radius 3 is 2.36 bits per heavy atom. The molecule has 0 saturated carbocycles. The van der Waals surface area contributed by atoms with Crippen molar-refractivity contribution in [2.45, 2.75) is 32.2 Å². The van der Waals surface area contributed by atoms with Gasteiger partial charge in [-0.05, 0) is 75.0 Å². The van der Waals surface area contributed by atoms with Crippen LogP contribution >= 0.6 is 7.14 Å². The number of anilines is 5. The Morgan fingerprint density at radius 1 is 0.887 bits per heavy atom. The minimum absolute atomic E-state index is 0.406. The Kier molecular flexibility index (Phi) is 11.1. The maximum Gasteiger partial charge on any atom is 0.229 e. The first-order valence-corrected chi connectivity index (χ1v) is 21.1. The predicted molar refractivity (Wildman–Crippen MR) is 219 cm³/mol. The number of benzene rings is 3. The first kappa shape index (κ1) is 36.5. The fraction of sp³-hybridized carbons (Fsp3) is 0.366. The molecular weight excluding hydrogens is 681 g/mol. The summed E-state index contributed by atoms with van der Waals surface area (Å²) in [6, 6.07) is 18.9. The highest BCUT2D eigenvalue weighted by atomic mass is 31.2. The van der Waals surface area contributed by atoms with Crippen molar-refractivity contribution in [3.8, 4) is 5.75 Å². The van der Waals surface area contributed by atoms with Gasteiger partial charge in [-0.25, -0.2) is 4.98 Å². The normalized spacial score (nSPS) is 16.4. The van der Waals surface area contributed by atoms with Crippen LogP contribution in [-0.4, -0.2) is 103 Å². The molecule has 2 N–H and O–H groups in total. The highest BCUT2D eigenvalue weighted by molar-refractivity contribution is 7.71. The monoisotopic (exact) mass is 731 g/mol. The lowest BCUT2D eigenvalue weighted by atomic mass is 9.99. The first-order valence-electron chi connectivity index (χ1n) is 18.5. The number of hydrogen-bond donors (Lipinski definition) is 2. The Morgan fingerprint density at radius 2 is 1.64 bits per heavy atom. The molecule has 0 amide bonds. The second-order valence-electron chi connectivity index (χ2n) is 14.3. The van der Waals surface area contributed by atoms with Gasteiger partial charge in [0.15, 0.2) is 0 Å². The second kappa shape index (κ2) is 16.0. The summed E-state index contributed by atoms with van der Waals surface area (Å²) < 4.78 is 19.7. The van der Waals surface area contributed by atoms with E-state index in [0.717, 1.165) is 68.3 Å². The van der Waals surface area contributed by atoms with E-state index in [9.17, 15) is 4.57 Å². The van der Waals surface area contributed by atoms with Crippen molar-refractivity contribution in [1.29, 1.82) is 0 Å². The van der Waals surface area contributed by atoms with Gasteiger partial charge in [-0.2, -0.15) is 4.98 Å². The third kappa shape index (κ3) is 8.38. The Labute approximate surface area is 312 Å². The van der Waals surface area contributed by atoms with Crippen LogP contribution in [0.5, 0.6) is 5.75 Å². The van der Waals surface area contributed by atoms with Crippen LogP contribution in [-0.2, 0) is 11.0 Å². The van der Waals surface area contributed by atoms with Gasteiger partial charge in [0.25, 0.3) is 0 Å². The van der Waals surface area contributed by atoms with E-state index in [1.807, 2.05) is 54.6 Å². The molecule has 2 aliphatic rings. The average molecular weight is 732 g/mol. The molecule has 0 radical (unpaired) electrons. The third-order valence-corrected chi connectivity index (χ3v) is 11.9. The standard InChI is InChI=1S/C41H50N9O2P/c1-6-30-26-35(37(52-3)27-36(30)50-20-16-32(17-21-50)49-24-22-48(2)23-25-49)46-41-44-28-31(13-12-29-10-8-7-9-11-29)40(47-41)45-34-15-14-33-38(43-19-18-42-33)39(34)53(4,5)51/h7-15,18-19,26-28,32H,6,16-17,20-25H2,1-5H3,(H2,44,45,46,47)/b13-12+. The van der Waals surface area contributed by atoms with Crippen LogP contribution in [0.3, 0.4) is 0 Å². The van der Waals surface area contributed by atoms with Gasteiger partial charge in [-0.15, -0.1) is 0 Å². The Balaban J connectivity index is 1.19. The predicted octanol–water partition coefficient (Wildman–Crippen LogP) is 7.11. The van der Waals surface area contributed by atoms with E-state index in [0.29, 0.717) is 39.8 Å². The van der Waals surface area contributed by atoms with Crippen molar-refractivity contribution < 1.29 is 9.30 Å².